The van der Waals surface area contributed by atoms with Crippen LogP contribution < -0.4 is 10.6 Å². The van der Waals surface area contributed by atoms with E-state index in [1.807, 2.05) is 38.1 Å². The zero-order chi connectivity index (χ0) is 13.4. The summed E-state index contributed by atoms with van der Waals surface area (Å²) in [6, 6.07) is 7.74. The Labute approximate surface area is 109 Å². The summed E-state index contributed by atoms with van der Waals surface area (Å²) in [6.45, 7) is 8.23. The molecule has 0 bridgehead atoms. The fraction of sp³-hybridized carbons (Fsp3) is 0.500. The summed E-state index contributed by atoms with van der Waals surface area (Å²) in [5.74, 6) is 0.343. The Morgan fingerprint density at radius 3 is 2.83 bits per heavy atom. The lowest BCUT2D eigenvalue weighted by atomic mass is 10.2. The number of benzene rings is 1. The first-order chi connectivity index (χ1) is 8.61. The van der Waals surface area contributed by atoms with E-state index >= 15 is 0 Å². The largest absolute Gasteiger partial charge is 0.449 e. The second kappa shape index (κ2) is 7.71. The summed E-state index contributed by atoms with van der Waals surface area (Å²) < 4.78 is 5.06. The highest BCUT2D eigenvalue weighted by Crippen LogP contribution is 2.11. The Kier molecular flexibility index (Phi) is 6.22. The van der Waals surface area contributed by atoms with Crippen molar-refractivity contribution in [1.82, 2.24) is 5.32 Å². The van der Waals surface area contributed by atoms with Crippen molar-refractivity contribution in [2.45, 2.75) is 27.3 Å². The molecule has 0 saturated carbocycles. The molecule has 0 heterocycles. The quantitative estimate of drug-likeness (QED) is 0.816. The van der Waals surface area contributed by atoms with Crippen molar-refractivity contribution in [2.24, 2.45) is 5.92 Å². The molecular weight excluding hydrogens is 228 g/mol. The van der Waals surface area contributed by atoms with E-state index in [-0.39, 0.29) is 0 Å². The van der Waals surface area contributed by atoms with Crippen molar-refractivity contribution in [2.75, 3.05) is 18.5 Å². The second-order valence-electron chi connectivity index (χ2n) is 4.60. The van der Waals surface area contributed by atoms with Gasteiger partial charge in [-0.15, -0.1) is 0 Å². The fourth-order valence-corrected chi connectivity index (χ4v) is 1.42. The molecule has 0 fully saturated rings. The first-order valence-electron chi connectivity index (χ1n) is 6.35. The van der Waals surface area contributed by atoms with E-state index in [0.29, 0.717) is 12.5 Å². The Morgan fingerprint density at radius 2 is 2.17 bits per heavy atom. The van der Waals surface area contributed by atoms with Crippen molar-refractivity contribution in [3.63, 3.8) is 0 Å². The number of ether oxygens (including phenoxy) is 1. The van der Waals surface area contributed by atoms with Crippen LogP contribution in [0.15, 0.2) is 24.3 Å². The lowest BCUT2D eigenvalue weighted by Crippen LogP contribution is -2.17. The van der Waals surface area contributed by atoms with Gasteiger partial charge in [0.1, 0.15) is 0 Å². The van der Waals surface area contributed by atoms with Crippen molar-refractivity contribution < 1.29 is 9.53 Å². The van der Waals surface area contributed by atoms with Gasteiger partial charge in [-0.05, 0) is 30.2 Å². The van der Waals surface area contributed by atoms with Crippen LogP contribution in [0.4, 0.5) is 10.5 Å². The maximum atomic E-state index is 11.5. The predicted octanol–water partition coefficient (Wildman–Crippen LogP) is 3.00. The molecule has 18 heavy (non-hydrogen) atoms. The predicted molar refractivity (Wildman–Crippen MR) is 73.6 cm³/mol. The molecule has 4 heteroatoms. The van der Waals surface area contributed by atoms with Crippen LogP contribution in [0.5, 0.6) is 0 Å². The Balaban J connectivity index is 2.48. The van der Waals surface area contributed by atoms with Gasteiger partial charge in [-0.3, -0.25) is 5.32 Å². The van der Waals surface area contributed by atoms with Crippen LogP contribution in [0, 0.1) is 5.92 Å². The first-order valence-corrected chi connectivity index (χ1v) is 6.35. The van der Waals surface area contributed by atoms with Gasteiger partial charge >= 0.3 is 6.09 Å². The highest BCUT2D eigenvalue weighted by molar-refractivity contribution is 5.84. The summed E-state index contributed by atoms with van der Waals surface area (Å²) in [7, 11) is 0. The molecular formula is C14H22N2O2. The Hall–Kier alpha value is -1.55. The molecule has 0 radical (unpaired) electrons. The highest BCUT2D eigenvalue weighted by atomic mass is 16.5. The molecule has 0 spiro atoms. The molecule has 100 valence electrons. The van der Waals surface area contributed by atoms with E-state index in [0.717, 1.165) is 24.3 Å². The van der Waals surface area contributed by atoms with E-state index in [1.165, 1.54) is 0 Å². The summed E-state index contributed by atoms with van der Waals surface area (Å²) >= 11 is 0. The average molecular weight is 250 g/mol. The summed E-state index contributed by atoms with van der Waals surface area (Å²) in [5.41, 5.74) is 1.90. The van der Waals surface area contributed by atoms with E-state index in [1.54, 1.807) is 0 Å². The van der Waals surface area contributed by atoms with Crippen molar-refractivity contribution >= 4 is 11.8 Å². The first kappa shape index (κ1) is 14.5. The minimum Gasteiger partial charge on any atom is -0.449 e. The van der Waals surface area contributed by atoms with Gasteiger partial charge in [-0.1, -0.05) is 32.9 Å². The molecule has 0 aliphatic heterocycles. The van der Waals surface area contributed by atoms with E-state index in [9.17, 15) is 4.79 Å². The minimum atomic E-state index is -0.399. The van der Waals surface area contributed by atoms with Gasteiger partial charge < -0.3 is 10.1 Å². The van der Waals surface area contributed by atoms with Crippen LogP contribution in [0.2, 0.25) is 0 Å². The fourth-order valence-electron chi connectivity index (χ4n) is 1.42. The highest BCUT2D eigenvalue weighted by Gasteiger charge is 2.04. The average Bonchev–Trinajstić information content (AvgIpc) is 2.34. The molecule has 1 aromatic carbocycles. The molecule has 1 aromatic rings. The number of carbonyl (C=O) groups excluding carboxylic acids is 1. The van der Waals surface area contributed by atoms with E-state index in [2.05, 4.69) is 17.6 Å². The zero-order valence-corrected chi connectivity index (χ0v) is 11.3. The zero-order valence-electron chi connectivity index (χ0n) is 11.3. The Morgan fingerprint density at radius 1 is 1.39 bits per heavy atom. The smallest absolute Gasteiger partial charge is 0.411 e. The number of hydrogen-bond acceptors (Lipinski definition) is 3. The van der Waals surface area contributed by atoms with Crippen molar-refractivity contribution in [3.05, 3.63) is 29.8 Å². The summed E-state index contributed by atoms with van der Waals surface area (Å²) in [6.07, 6.45) is -0.399. The van der Waals surface area contributed by atoms with Gasteiger partial charge in [-0.25, -0.2) is 4.79 Å². The Bertz CT molecular complexity index is 378. The van der Waals surface area contributed by atoms with Gasteiger partial charge in [-0.2, -0.15) is 0 Å². The number of carbonyl (C=O) groups is 1. The number of anilines is 1. The number of amides is 1. The van der Waals surface area contributed by atoms with Crippen LogP contribution in [0.25, 0.3) is 0 Å². The molecule has 4 nitrogen and oxygen atoms in total. The maximum absolute atomic E-state index is 11.5. The molecule has 0 aliphatic rings. The number of hydrogen-bond donors (Lipinski definition) is 2. The van der Waals surface area contributed by atoms with Crippen LogP contribution in [-0.2, 0) is 11.3 Å². The number of rotatable bonds is 6. The monoisotopic (exact) mass is 250 g/mol. The molecule has 0 aliphatic carbocycles. The molecule has 0 unspecified atom stereocenters. The molecule has 1 amide bonds. The molecule has 0 aromatic heterocycles. The van der Waals surface area contributed by atoms with Gasteiger partial charge in [0.05, 0.1) is 6.61 Å². The van der Waals surface area contributed by atoms with Crippen LogP contribution in [-0.4, -0.2) is 19.2 Å². The lowest BCUT2D eigenvalue weighted by molar-refractivity contribution is 0.147. The topological polar surface area (TPSA) is 50.4 Å². The summed E-state index contributed by atoms with van der Waals surface area (Å²) in [4.78, 5) is 11.5. The standard InChI is InChI=1S/C14H22N2O2/c1-4-15-9-12-6-5-7-13(8-12)16-14(17)18-10-11(2)3/h5-8,11,15H,4,9-10H2,1-3H3,(H,16,17). The maximum Gasteiger partial charge on any atom is 0.411 e. The van der Waals surface area contributed by atoms with E-state index < -0.39 is 6.09 Å². The molecule has 2 N–H and O–H groups in total. The van der Waals surface area contributed by atoms with Crippen LogP contribution in [0.3, 0.4) is 0 Å². The van der Waals surface area contributed by atoms with Crippen LogP contribution >= 0.6 is 0 Å². The molecule has 0 saturated heterocycles. The third-order valence-corrected chi connectivity index (χ3v) is 2.30. The van der Waals surface area contributed by atoms with Gasteiger partial charge in [0.25, 0.3) is 0 Å². The SMILES string of the molecule is CCNCc1cccc(NC(=O)OCC(C)C)c1. The van der Waals surface area contributed by atoms with Gasteiger partial charge in [0.2, 0.25) is 0 Å². The lowest BCUT2D eigenvalue weighted by Gasteiger charge is -2.10. The van der Waals surface area contributed by atoms with Crippen molar-refractivity contribution in [1.29, 1.82) is 0 Å². The summed E-state index contributed by atoms with van der Waals surface area (Å²) in [5, 5.41) is 5.97. The van der Waals surface area contributed by atoms with Crippen LogP contribution in [0.1, 0.15) is 26.3 Å². The normalized spacial score (nSPS) is 10.4. The van der Waals surface area contributed by atoms with E-state index in [4.69, 9.17) is 4.74 Å². The minimum absolute atomic E-state index is 0.343. The molecule has 0 atom stereocenters. The molecule has 1 rings (SSSR count). The van der Waals surface area contributed by atoms with Gasteiger partial charge in [0.15, 0.2) is 0 Å². The third-order valence-electron chi connectivity index (χ3n) is 2.30. The number of nitrogens with one attached hydrogen (secondary N) is 2. The third kappa shape index (κ3) is 5.68. The second-order valence-corrected chi connectivity index (χ2v) is 4.60. The van der Waals surface area contributed by atoms with Crippen molar-refractivity contribution in [3.8, 4) is 0 Å². The van der Waals surface area contributed by atoms with Gasteiger partial charge in [0, 0.05) is 12.2 Å².